The van der Waals surface area contributed by atoms with Crippen LogP contribution in [0, 0.1) is 0 Å². The van der Waals surface area contributed by atoms with Crippen LogP contribution in [0.5, 0.6) is 0 Å². The van der Waals surface area contributed by atoms with Gasteiger partial charge in [0.25, 0.3) is 0 Å². The average Bonchev–Trinajstić information content (AvgIpc) is 3.49. The van der Waals surface area contributed by atoms with Crippen molar-refractivity contribution in [2.45, 2.75) is 24.5 Å². The Labute approximate surface area is 184 Å². The predicted molar refractivity (Wildman–Crippen MR) is 123 cm³/mol. The van der Waals surface area contributed by atoms with E-state index in [9.17, 15) is 4.79 Å². The first-order valence-corrected chi connectivity index (χ1v) is 11.6. The lowest BCUT2D eigenvalue weighted by atomic mass is 10.1. The molecule has 2 heterocycles. The molecule has 7 heteroatoms. The van der Waals surface area contributed by atoms with Gasteiger partial charge in [0.1, 0.15) is 0 Å². The van der Waals surface area contributed by atoms with E-state index in [0.29, 0.717) is 11.0 Å². The molecule has 0 saturated carbocycles. The lowest BCUT2D eigenvalue weighted by Crippen LogP contribution is -2.30. The number of carbonyl (C=O) groups is 1. The second-order valence-electron chi connectivity index (χ2n) is 6.73. The molecule has 1 amide bonds. The minimum absolute atomic E-state index is 0.0547. The smallest absolute Gasteiger partial charge is 0.231 e. The highest BCUT2D eigenvalue weighted by Gasteiger charge is 2.18. The summed E-state index contributed by atoms with van der Waals surface area (Å²) in [6.07, 6.45) is 1.00. The number of thiophene rings is 1. The summed E-state index contributed by atoms with van der Waals surface area (Å²) in [5.74, 6) is 0.906. The van der Waals surface area contributed by atoms with Gasteiger partial charge in [-0.05, 0) is 29.0 Å². The molecule has 2 aromatic carbocycles. The number of benzene rings is 2. The van der Waals surface area contributed by atoms with Crippen molar-refractivity contribution in [3.05, 3.63) is 88.1 Å². The van der Waals surface area contributed by atoms with Gasteiger partial charge in [-0.15, -0.1) is 16.4 Å². The molecule has 4 rings (SSSR count). The molecule has 0 aliphatic rings. The SMILES string of the molecule is CCc1ccc(-c2nc(SCC(=O)NC(c3ccccc3)c3cccs3)n[nH]2)cc1. The highest BCUT2D eigenvalue weighted by Crippen LogP contribution is 2.26. The van der Waals surface area contributed by atoms with E-state index in [2.05, 4.69) is 39.6 Å². The molecule has 1 unspecified atom stereocenters. The van der Waals surface area contributed by atoms with E-state index in [0.717, 1.165) is 22.4 Å². The number of aryl methyl sites for hydroxylation is 1. The van der Waals surface area contributed by atoms with Gasteiger partial charge in [0, 0.05) is 10.4 Å². The molecule has 0 aliphatic carbocycles. The standard InChI is InChI=1S/C23H22N4OS2/c1-2-16-10-12-18(13-11-16)22-25-23(27-26-22)30-15-20(28)24-21(19-9-6-14-29-19)17-7-4-3-5-8-17/h3-14,21H,2,15H2,1H3,(H,24,28)(H,25,26,27). The number of aromatic nitrogens is 3. The van der Waals surface area contributed by atoms with Gasteiger partial charge in [-0.2, -0.15) is 0 Å². The van der Waals surface area contributed by atoms with Crippen molar-refractivity contribution >= 4 is 29.0 Å². The van der Waals surface area contributed by atoms with Crippen LogP contribution in [0.3, 0.4) is 0 Å². The molecule has 2 aromatic heterocycles. The minimum Gasteiger partial charge on any atom is -0.344 e. The van der Waals surface area contributed by atoms with E-state index in [-0.39, 0.29) is 17.7 Å². The van der Waals surface area contributed by atoms with Crippen LogP contribution in [0.4, 0.5) is 0 Å². The summed E-state index contributed by atoms with van der Waals surface area (Å²) < 4.78 is 0. The number of thioether (sulfide) groups is 1. The fraction of sp³-hybridized carbons (Fsp3) is 0.174. The molecule has 4 aromatic rings. The topological polar surface area (TPSA) is 70.7 Å². The van der Waals surface area contributed by atoms with Gasteiger partial charge in [-0.3, -0.25) is 9.89 Å². The maximum atomic E-state index is 12.6. The fourth-order valence-corrected chi connectivity index (χ4v) is 4.50. The Bertz CT molecular complexity index is 1080. The van der Waals surface area contributed by atoms with Crippen molar-refractivity contribution in [2.75, 3.05) is 5.75 Å². The second-order valence-corrected chi connectivity index (χ2v) is 8.65. The number of carbonyl (C=O) groups excluding carboxylic acids is 1. The number of H-pyrrole nitrogens is 1. The van der Waals surface area contributed by atoms with Crippen molar-refractivity contribution in [3.8, 4) is 11.4 Å². The van der Waals surface area contributed by atoms with Crippen LogP contribution in [-0.4, -0.2) is 26.8 Å². The van der Waals surface area contributed by atoms with Gasteiger partial charge < -0.3 is 5.32 Å². The molecular formula is C23H22N4OS2. The third kappa shape index (κ3) is 4.98. The van der Waals surface area contributed by atoms with Crippen LogP contribution in [-0.2, 0) is 11.2 Å². The first kappa shape index (κ1) is 20.4. The fourth-order valence-electron chi connectivity index (χ4n) is 3.09. The normalized spacial score (nSPS) is 11.9. The van der Waals surface area contributed by atoms with Crippen molar-refractivity contribution in [1.82, 2.24) is 20.5 Å². The monoisotopic (exact) mass is 434 g/mol. The molecule has 0 aliphatic heterocycles. The molecule has 0 fully saturated rings. The third-order valence-corrected chi connectivity index (χ3v) is 6.48. The lowest BCUT2D eigenvalue weighted by Gasteiger charge is -2.17. The summed E-state index contributed by atoms with van der Waals surface area (Å²) in [6.45, 7) is 2.13. The van der Waals surface area contributed by atoms with E-state index in [4.69, 9.17) is 0 Å². The van der Waals surface area contributed by atoms with Gasteiger partial charge in [0.15, 0.2) is 5.82 Å². The maximum Gasteiger partial charge on any atom is 0.231 e. The molecule has 0 spiro atoms. The van der Waals surface area contributed by atoms with Gasteiger partial charge in [0.2, 0.25) is 11.1 Å². The summed E-state index contributed by atoms with van der Waals surface area (Å²) in [6, 6.07) is 22.1. The molecule has 2 N–H and O–H groups in total. The second kappa shape index (κ2) is 9.73. The number of amides is 1. The molecule has 0 saturated heterocycles. The molecule has 152 valence electrons. The Morgan fingerprint density at radius 1 is 1.10 bits per heavy atom. The van der Waals surface area contributed by atoms with Crippen LogP contribution in [0.2, 0.25) is 0 Å². The van der Waals surface area contributed by atoms with Gasteiger partial charge in [-0.1, -0.05) is 79.3 Å². The van der Waals surface area contributed by atoms with Crippen LogP contribution < -0.4 is 5.32 Å². The van der Waals surface area contributed by atoms with Gasteiger partial charge >= 0.3 is 0 Å². The largest absolute Gasteiger partial charge is 0.344 e. The number of rotatable bonds is 8. The summed E-state index contributed by atoms with van der Waals surface area (Å²) >= 11 is 2.96. The summed E-state index contributed by atoms with van der Waals surface area (Å²) in [7, 11) is 0. The highest BCUT2D eigenvalue weighted by atomic mass is 32.2. The molecule has 5 nitrogen and oxygen atoms in total. The lowest BCUT2D eigenvalue weighted by molar-refractivity contribution is -0.119. The van der Waals surface area contributed by atoms with Gasteiger partial charge in [-0.25, -0.2) is 4.98 Å². The van der Waals surface area contributed by atoms with E-state index in [1.165, 1.54) is 17.3 Å². The average molecular weight is 435 g/mol. The quantitative estimate of drug-likeness (QED) is 0.379. The zero-order chi connectivity index (χ0) is 20.8. The number of hydrogen-bond donors (Lipinski definition) is 2. The number of nitrogens with zero attached hydrogens (tertiary/aromatic N) is 2. The van der Waals surface area contributed by atoms with Crippen LogP contribution >= 0.6 is 23.1 Å². The van der Waals surface area contributed by atoms with Crippen molar-refractivity contribution < 1.29 is 4.79 Å². The maximum absolute atomic E-state index is 12.6. The van der Waals surface area contributed by atoms with E-state index in [1.807, 2.05) is 60.0 Å². The Morgan fingerprint density at radius 3 is 2.60 bits per heavy atom. The predicted octanol–water partition coefficient (Wildman–Crippen LogP) is 5.09. The molecule has 1 atom stereocenters. The van der Waals surface area contributed by atoms with Crippen molar-refractivity contribution in [1.29, 1.82) is 0 Å². The molecule has 30 heavy (non-hydrogen) atoms. The first-order valence-electron chi connectivity index (χ1n) is 9.75. The van der Waals surface area contributed by atoms with E-state index < -0.39 is 0 Å². The zero-order valence-electron chi connectivity index (χ0n) is 16.5. The van der Waals surface area contributed by atoms with Crippen molar-refractivity contribution in [2.24, 2.45) is 0 Å². The van der Waals surface area contributed by atoms with E-state index in [1.54, 1.807) is 11.3 Å². The number of nitrogens with one attached hydrogen (secondary N) is 2. The highest BCUT2D eigenvalue weighted by molar-refractivity contribution is 7.99. The first-order chi connectivity index (χ1) is 14.7. The van der Waals surface area contributed by atoms with E-state index >= 15 is 0 Å². The van der Waals surface area contributed by atoms with Crippen LogP contribution in [0.15, 0.2) is 77.3 Å². The van der Waals surface area contributed by atoms with Crippen LogP contribution in [0.1, 0.15) is 29.0 Å². The van der Waals surface area contributed by atoms with Crippen molar-refractivity contribution in [3.63, 3.8) is 0 Å². The number of aromatic amines is 1. The molecular weight excluding hydrogens is 412 g/mol. The Morgan fingerprint density at radius 2 is 1.90 bits per heavy atom. The third-order valence-electron chi connectivity index (χ3n) is 4.70. The summed E-state index contributed by atoms with van der Waals surface area (Å²) in [5.41, 5.74) is 3.33. The summed E-state index contributed by atoms with van der Waals surface area (Å²) in [5, 5.41) is 12.9. The van der Waals surface area contributed by atoms with Gasteiger partial charge in [0.05, 0.1) is 11.8 Å². The summed E-state index contributed by atoms with van der Waals surface area (Å²) in [4.78, 5) is 18.3. The Hall–Kier alpha value is -2.90. The van der Waals surface area contributed by atoms with Crippen LogP contribution in [0.25, 0.3) is 11.4 Å². The molecule has 0 radical (unpaired) electrons. The minimum atomic E-state index is -0.154. The zero-order valence-corrected chi connectivity index (χ0v) is 18.2. The number of hydrogen-bond acceptors (Lipinski definition) is 5. The molecule has 0 bridgehead atoms. The Kier molecular flexibility index (Phi) is 6.61. The Balaban J connectivity index is 1.39.